The van der Waals surface area contributed by atoms with Crippen LogP contribution in [0.2, 0.25) is 0 Å². The molecule has 0 N–H and O–H groups in total. The van der Waals surface area contributed by atoms with Gasteiger partial charge in [0, 0.05) is 17.5 Å². The number of carbonyl (C=O) groups is 1. The Hall–Kier alpha value is -2.92. The van der Waals surface area contributed by atoms with E-state index in [0.717, 1.165) is 28.2 Å². The predicted molar refractivity (Wildman–Crippen MR) is 115 cm³/mol. The summed E-state index contributed by atoms with van der Waals surface area (Å²) in [6.45, 7) is 4.54. The number of carbonyl (C=O) groups excluding carboxylic acids is 1. The van der Waals surface area contributed by atoms with E-state index >= 15 is 0 Å². The number of benzene rings is 2. The molecule has 0 atom stereocenters. The van der Waals surface area contributed by atoms with E-state index in [1.807, 2.05) is 56.3 Å². The van der Waals surface area contributed by atoms with Gasteiger partial charge in [0.15, 0.2) is 0 Å². The second-order valence-corrected chi connectivity index (χ2v) is 7.33. The summed E-state index contributed by atoms with van der Waals surface area (Å²) in [5, 5.41) is 0.671. The van der Waals surface area contributed by atoms with E-state index in [4.69, 9.17) is 9.47 Å². The molecule has 0 saturated carbocycles. The minimum atomic E-state index is -0.355. The van der Waals surface area contributed by atoms with Gasteiger partial charge in [0.05, 0.1) is 19.3 Å². The highest BCUT2D eigenvalue weighted by molar-refractivity contribution is 7.16. The van der Waals surface area contributed by atoms with E-state index in [-0.39, 0.29) is 5.97 Å². The number of rotatable bonds is 7. The molecule has 5 heteroatoms. The summed E-state index contributed by atoms with van der Waals surface area (Å²) in [4.78, 5) is 18.1. The predicted octanol–water partition coefficient (Wildman–Crippen LogP) is 5.58. The van der Waals surface area contributed by atoms with Crippen molar-refractivity contribution in [3.05, 3.63) is 81.7 Å². The van der Waals surface area contributed by atoms with Crippen LogP contribution < -0.4 is 4.74 Å². The Bertz CT molecular complexity index is 960. The lowest BCUT2D eigenvalue weighted by molar-refractivity contribution is 0.0601. The third-order valence-electron chi connectivity index (χ3n) is 4.35. The average Bonchev–Trinajstić information content (AvgIpc) is 3.03. The van der Waals surface area contributed by atoms with Gasteiger partial charge in [0.2, 0.25) is 0 Å². The number of thiophene rings is 1. The van der Waals surface area contributed by atoms with Crippen LogP contribution >= 0.6 is 11.3 Å². The van der Waals surface area contributed by atoms with E-state index in [1.54, 1.807) is 6.21 Å². The van der Waals surface area contributed by atoms with Gasteiger partial charge in [0.1, 0.15) is 10.8 Å². The van der Waals surface area contributed by atoms with Gasteiger partial charge in [0.25, 0.3) is 0 Å². The Labute approximate surface area is 169 Å². The highest BCUT2D eigenvalue weighted by atomic mass is 32.1. The van der Waals surface area contributed by atoms with Crippen molar-refractivity contribution in [1.82, 2.24) is 0 Å². The van der Waals surface area contributed by atoms with Crippen molar-refractivity contribution in [2.75, 3.05) is 13.7 Å². The number of ether oxygens (including phenoxy) is 2. The smallest absolute Gasteiger partial charge is 0.341 e. The highest BCUT2D eigenvalue weighted by Gasteiger charge is 2.21. The summed E-state index contributed by atoms with van der Waals surface area (Å²) in [6.07, 6.45) is 2.53. The van der Waals surface area contributed by atoms with Gasteiger partial charge >= 0.3 is 5.97 Å². The average molecular weight is 394 g/mol. The second kappa shape index (κ2) is 9.33. The van der Waals surface area contributed by atoms with Crippen molar-refractivity contribution >= 4 is 28.5 Å². The SMILES string of the molecule is CCOc1ccc(C=Nc2sc(Cc3ccccc3)c(C)c2C(=O)OC)cc1. The summed E-state index contributed by atoms with van der Waals surface area (Å²) in [5.41, 5.74) is 3.61. The molecular weight excluding hydrogens is 370 g/mol. The molecule has 1 aromatic heterocycles. The van der Waals surface area contributed by atoms with Gasteiger partial charge in [-0.25, -0.2) is 9.79 Å². The number of aliphatic imine (C=N–C) groups is 1. The molecule has 3 rings (SSSR count). The van der Waals surface area contributed by atoms with Crippen LogP contribution in [0, 0.1) is 6.92 Å². The number of hydrogen-bond acceptors (Lipinski definition) is 5. The maximum Gasteiger partial charge on any atom is 0.341 e. The lowest BCUT2D eigenvalue weighted by Crippen LogP contribution is -2.02. The van der Waals surface area contributed by atoms with E-state index < -0.39 is 0 Å². The van der Waals surface area contributed by atoms with Crippen molar-refractivity contribution in [3.63, 3.8) is 0 Å². The third-order valence-corrected chi connectivity index (χ3v) is 5.55. The highest BCUT2D eigenvalue weighted by Crippen LogP contribution is 2.37. The molecule has 0 spiro atoms. The van der Waals surface area contributed by atoms with Crippen LogP contribution in [0.15, 0.2) is 59.6 Å². The first-order valence-electron chi connectivity index (χ1n) is 9.13. The molecule has 0 bridgehead atoms. The maximum atomic E-state index is 12.3. The fourth-order valence-electron chi connectivity index (χ4n) is 2.88. The van der Waals surface area contributed by atoms with Gasteiger partial charge in [-0.1, -0.05) is 30.3 Å². The fraction of sp³-hybridized carbons (Fsp3) is 0.217. The lowest BCUT2D eigenvalue weighted by atomic mass is 10.1. The van der Waals surface area contributed by atoms with Crippen LogP contribution in [-0.4, -0.2) is 25.9 Å². The van der Waals surface area contributed by atoms with Crippen molar-refractivity contribution < 1.29 is 14.3 Å². The van der Waals surface area contributed by atoms with Crippen LogP contribution in [0.5, 0.6) is 5.75 Å². The van der Waals surface area contributed by atoms with Crippen LogP contribution in [0.3, 0.4) is 0 Å². The molecule has 28 heavy (non-hydrogen) atoms. The second-order valence-electron chi connectivity index (χ2n) is 6.24. The van der Waals surface area contributed by atoms with Crippen molar-refractivity contribution in [2.45, 2.75) is 20.3 Å². The maximum absolute atomic E-state index is 12.3. The molecule has 0 saturated heterocycles. The third kappa shape index (κ3) is 4.67. The molecule has 0 unspecified atom stereocenters. The van der Waals surface area contributed by atoms with Gasteiger partial charge in [-0.2, -0.15) is 0 Å². The topological polar surface area (TPSA) is 47.9 Å². The summed E-state index contributed by atoms with van der Waals surface area (Å²) < 4.78 is 10.5. The zero-order chi connectivity index (χ0) is 19.9. The Morgan fingerprint density at radius 1 is 1.11 bits per heavy atom. The number of esters is 1. The first-order valence-corrected chi connectivity index (χ1v) is 9.95. The molecule has 0 aliphatic carbocycles. The van der Waals surface area contributed by atoms with E-state index in [2.05, 4.69) is 17.1 Å². The van der Waals surface area contributed by atoms with Crippen LogP contribution in [0.25, 0.3) is 0 Å². The van der Waals surface area contributed by atoms with Crippen LogP contribution in [0.1, 0.15) is 38.8 Å². The minimum absolute atomic E-state index is 0.355. The molecule has 0 radical (unpaired) electrons. The van der Waals surface area contributed by atoms with Crippen molar-refractivity contribution in [2.24, 2.45) is 4.99 Å². The summed E-state index contributed by atoms with van der Waals surface area (Å²) >= 11 is 1.53. The van der Waals surface area contributed by atoms with E-state index in [9.17, 15) is 4.79 Å². The number of methoxy groups -OCH3 is 1. The van der Waals surface area contributed by atoms with Gasteiger partial charge < -0.3 is 9.47 Å². The molecule has 0 aliphatic heterocycles. The van der Waals surface area contributed by atoms with E-state index in [0.29, 0.717) is 17.2 Å². The fourth-order valence-corrected chi connectivity index (χ4v) is 4.05. The quantitative estimate of drug-likeness (QED) is 0.389. The number of nitrogens with zero attached hydrogens (tertiary/aromatic N) is 1. The molecule has 144 valence electrons. The molecular formula is C23H23NO3S. The largest absolute Gasteiger partial charge is 0.494 e. The monoisotopic (exact) mass is 393 g/mol. The minimum Gasteiger partial charge on any atom is -0.494 e. The molecule has 0 aliphatic rings. The Morgan fingerprint density at radius 2 is 1.82 bits per heavy atom. The molecule has 0 amide bonds. The normalized spacial score (nSPS) is 11.0. The summed E-state index contributed by atoms with van der Waals surface area (Å²) in [6, 6.07) is 17.9. The van der Waals surface area contributed by atoms with Gasteiger partial charge in [-0.15, -0.1) is 11.3 Å². The van der Waals surface area contributed by atoms with Crippen LogP contribution in [0.4, 0.5) is 5.00 Å². The Morgan fingerprint density at radius 3 is 2.46 bits per heavy atom. The summed E-state index contributed by atoms with van der Waals surface area (Å²) in [5.74, 6) is 0.471. The Kier molecular flexibility index (Phi) is 6.61. The number of hydrogen-bond donors (Lipinski definition) is 0. The lowest BCUT2D eigenvalue weighted by Gasteiger charge is -2.02. The van der Waals surface area contributed by atoms with E-state index in [1.165, 1.54) is 24.0 Å². The Balaban J connectivity index is 1.90. The van der Waals surface area contributed by atoms with Crippen molar-refractivity contribution in [1.29, 1.82) is 0 Å². The zero-order valence-corrected chi connectivity index (χ0v) is 17.1. The summed E-state index contributed by atoms with van der Waals surface area (Å²) in [7, 11) is 1.40. The molecule has 1 heterocycles. The molecule has 4 nitrogen and oxygen atoms in total. The van der Waals surface area contributed by atoms with Gasteiger partial charge in [-0.05, 0) is 54.8 Å². The molecule has 2 aromatic carbocycles. The first kappa shape index (κ1) is 19.8. The standard InChI is InChI=1S/C23H23NO3S/c1-4-27-19-12-10-18(11-13-19)15-24-22-21(23(25)26-3)16(2)20(28-22)14-17-8-6-5-7-9-17/h5-13,15H,4,14H2,1-3H3. The zero-order valence-electron chi connectivity index (χ0n) is 16.3. The molecule has 3 aromatic rings. The van der Waals surface area contributed by atoms with Crippen molar-refractivity contribution in [3.8, 4) is 5.75 Å². The van der Waals surface area contributed by atoms with Gasteiger partial charge in [-0.3, -0.25) is 0 Å². The first-order chi connectivity index (χ1) is 13.6. The molecule has 0 fully saturated rings. The van der Waals surface area contributed by atoms with Crippen LogP contribution in [-0.2, 0) is 11.2 Å².